The van der Waals surface area contributed by atoms with Crippen molar-refractivity contribution in [1.82, 2.24) is 15.3 Å². The number of amides is 1. The van der Waals surface area contributed by atoms with Gasteiger partial charge in [0.1, 0.15) is 5.82 Å². The molecule has 1 aliphatic rings. The molecule has 0 aliphatic carbocycles. The molecule has 3 rings (SSSR count). The molecule has 1 aromatic heterocycles. The zero-order valence-electron chi connectivity index (χ0n) is 13.7. The first-order valence-electron chi connectivity index (χ1n) is 8.22. The molecule has 1 aromatic carbocycles. The maximum absolute atomic E-state index is 13.6. The highest BCUT2D eigenvalue weighted by Gasteiger charge is 2.19. The van der Waals surface area contributed by atoms with Crippen molar-refractivity contribution in [1.29, 1.82) is 0 Å². The van der Waals surface area contributed by atoms with Gasteiger partial charge in [-0.2, -0.15) is 0 Å². The number of carbonyl (C=O) groups is 1. The summed E-state index contributed by atoms with van der Waals surface area (Å²) in [7, 11) is 0. The molecule has 1 amide bonds. The van der Waals surface area contributed by atoms with Gasteiger partial charge in [-0.05, 0) is 24.8 Å². The van der Waals surface area contributed by atoms with Crippen molar-refractivity contribution in [3.05, 3.63) is 53.6 Å². The van der Waals surface area contributed by atoms with Crippen molar-refractivity contribution in [2.45, 2.75) is 26.3 Å². The van der Waals surface area contributed by atoms with E-state index in [0.29, 0.717) is 23.0 Å². The third kappa shape index (κ3) is 3.88. The van der Waals surface area contributed by atoms with E-state index >= 15 is 0 Å². The van der Waals surface area contributed by atoms with Gasteiger partial charge in [0.25, 0.3) is 5.91 Å². The van der Waals surface area contributed by atoms with E-state index in [0.717, 1.165) is 19.5 Å². The van der Waals surface area contributed by atoms with E-state index in [1.54, 1.807) is 18.2 Å². The SMILES string of the molecule is CC1CCCN(c2ncc(C(=O)NCc3ccccc3F)cn2)C1. The molecule has 0 saturated carbocycles. The van der Waals surface area contributed by atoms with Gasteiger partial charge in [0, 0.05) is 37.6 Å². The lowest BCUT2D eigenvalue weighted by Crippen LogP contribution is -2.35. The molecule has 126 valence electrons. The summed E-state index contributed by atoms with van der Waals surface area (Å²) in [6, 6.07) is 6.38. The van der Waals surface area contributed by atoms with Crippen molar-refractivity contribution in [2.24, 2.45) is 5.92 Å². The Kier molecular flexibility index (Phi) is 5.03. The topological polar surface area (TPSA) is 58.1 Å². The number of nitrogens with one attached hydrogen (secondary N) is 1. The Morgan fingerprint density at radius 1 is 1.33 bits per heavy atom. The second-order valence-corrected chi connectivity index (χ2v) is 6.24. The summed E-state index contributed by atoms with van der Waals surface area (Å²) >= 11 is 0. The number of rotatable bonds is 4. The van der Waals surface area contributed by atoms with Crippen molar-refractivity contribution in [2.75, 3.05) is 18.0 Å². The zero-order chi connectivity index (χ0) is 16.9. The number of aromatic nitrogens is 2. The quantitative estimate of drug-likeness (QED) is 0.937. The smallest absolute Gasteiger partial charge is 0.254 e. The summed E-state index contributed by atoms with van der Waals surface area (Å²) in [5, 5.41) is 2.69. The minimum Gasteiger partial charge on any atom is -0.348 e. The molecule has 1 atom stereocenters. The van der Waals surface area contributed by atoms with E-state index in [9.17, 15) is 9.18 Å². The molecule has 0 bridgehead atoms. The fourth-order valence-corrected chi connectivity index (χ4v) is 2.89. The van der Waals surface area contributed by atoms with Gasteiger partial charge < -0.3 is 10.2 Å². The first kappa shape index (κ1) is 16.4. The Morgan fingerprint density at radius 2 is 2.08 bits per heavy atom. The number of halogens is 1. The minimum atomic E-state index is -0.330. The van der Waals surface area contributed by atoms with Crippen LogP contribution >= 0.6 is 0 Å². The number of carbonyl (C=O) groups excluding carboxylic acids is 1. The first-order chi connectivity index (χ1) is 11.6. The van der Waals surface area contributed by atoms with E-state index in [1.165, 1.54) is 24.9 Å². The standard InChI is InChI=1S/C18H21FN4O/c1-13-5-4-8-23(12-13)18-21-10-15(11-22-18)17(24)20-9-14-6-2-3-7-16(14)19/h2-3,6-7,10-11,13H,4-5,8-9,12H2,1H3,(H,20,24). The Hall–Kier alpha value is -2.50. The lowest BCUT2D eigenvalue weighted by atomic mass is 10.0. The fraction of sp³-hybridized carbons (Fsp3) is 0.389. The number of nitrogens with zero attached hydrogens (tertiary/aromatic N) is 3. The van der Waals surface area contributed by atoms with E-state index in [-0.39, 0.29) is 18.3 Å². The molecular formula is C18H21FN4O. The Labute approximate surface area is 140 Å². The van der Waals surface area contributed by atoms with Crippen LogP contribution in [0.3, 0.4) is 0 Å². The van der Waals surface area contributed by atoms with Crippen LogP contribution < -0.4 is 10.2 Å². The first-order valence-corrected chi connectivity index (χ1v) is 8.22. The van der Waals surface area contributed by atoms with Crippen LogP contribution in [0.1, 0.15) is 35.7 Å². The summed E-state index contributed by atoms with van der Waals surface area (Å²) in [6.45, 7) is 4.25. The predicted octanol–water partition coefficient (Wildman–Crippen LogP) is 2.78. The van der Waals surface area contributed by atoms with Gasteiger partial charge in [0.15, 0.2) is 0 Å². The molecule has 1 unspecified atom stereocenters. The number of benzene rings is 1. The normalized spacial score (nSPS) is 17.6. The molecule has 0 spiro atoms. The van der Waals surface area contributed by atoms with E-state index in [4.69, 9.17) is 0 Å². The van der Waals surface area contributed by atoms with Gasteiger partial charge in [-0.25, -0.2) is 14.4 Å². The average Bonchev–Trinajstić information content (AvgIpc) is 2.61. The van der Waals surface area contributed by atoms with Crippen molar-refractivity contribution >= 4 is 11.9 Å². The Balaban J connectivity index is 1.60. The predicted molar refractivity (Wildman–Crippen MR) is 90.2 cm³/mol. The molecule has 1 fully saturated rings. The van der Waals surface area contributed by atoms with Gasteiger partial charge in [-0.3, -0.25) is 4.79 Å². The summed E-state index contributed by atoms with van der Waals surface area (Å²) in [5.41, 5.74) is 0.825. The molecule has 2 aromatic rings. The number of piperidine rings is 1. The maximum Gasteiger partial charge on any atom is 0.254 e. The molecule has 0 radical (unpaired) electrons. The average molecular weight is 328 g/mol. The number of hydrogen-bond acceptors (Lipinski definition) is 4. The highest BCUT2D eigenvalue weighted by atomic mass is 19.1. The maximum atomic E-state index is 13.6. The van der Waals surface area contributed by atoms with Crippen LogP contribution in [0.5, 0.6) is 0 Å². The van der Waals surface area contributed by atoms with Crippen LogP contribution in [0, 0.1) is 11.7 Å². The van der Waals surface area contributed by atoms with Crippen LogP contribution in [0.15, 0.2) is 36.7 Å². The van der Waals surface area contributed by atoms with Gasteiger partial charge >= 0.3 is 0 Å². The molecule has 1 saturated heterocycles. The van der Waals surface area contributed by atoms with E-state index < -0.39 is 0 Å². The zero-order valence-corrected chi connectivity index (χ0v) is 13.7. The molecule has 6 heteroatoms. The van der Waals surface area contributed by atoms with Crippen molar-refractivity contribution in [3.8, 4) is 0 Å². The molecule has 5 nitrogen and oxygen atoms in total. The Bertz CT molecular complexity index is 704. The molecular weight excluding hydrogens is 307 g/mol. The number of hydrogen-bond donors (Lipinski definition) is 1. The fourth-order valence-electron chi connectivity index (χ4n) is 2.89. The highest BCUT2D eigenvalue weighted by molar-refractivity contribution is 5.93. The third-order valence-electron chi connectivity index (χ3n) is 4.24. The Morgan fingerprint density at radius 3 is 2.79 bits per heavy atom. The summed E-state index contributed by atoms with van der Waals surface area (Å²) < 4.78 is 13.6. The van der Waals surface area contributed by atoms with Crippen LogP contribution in [-0.2, 0) is 6.54 Å². The second kappa shape index (κ2) is 7.38. The van der Waals surface area contributed by atoms with E-state index in [1.807, 2.05) is 0 Å². The van der Waals surface area contributed by atoms with Gasteiger partial charge in [0.2, 0.25) is 5.95 Å². The monoisotopic (exact) mass is 328 g/mol. The molecule has 1 aliphatic heterocycles. The highest BCUT2D eigenvalue weighted by Crippen LogP contribution is 2.19. The van der Waals surface area contributed by atoms with Crippen LogP contribution in [0.2, 0.25) is 0 Å². The molecule has 2 heterocycles. The third-order valence-corrected chi connectivity index (χ3v) is 4.24. The summed E-state index contributed by atoms with van der Waals surface area (Å²) in [5.74, 6) is 0.652. The van der Waals surface area contributed by atoms with Crippen LogP contribution in [-0.4, -0.2) is 29.0 Å². The summed E-state index contributed by atoms with van der Waals surface area (Å²) in [6.07, 6.45) is 5.42. The largest absolute Gasteiger partial charge is 0.348 e. The number of anilines is 1. The van der Waals surface area contributed by atoms with E-state index in [2.05, 4.69) is 27.1 Å². The van der Waals surface area contributed by atoms with Gasteiger partial charge in [-0.1, -0.05) is 25.1 Å². The van der Waals surface area contributed by atoms with Gasteiger partial charge in [-0.15, -0.1) is 0 Å². The minimum absolute atomic E-state index is 0.136. The molecule has 24 heavy (non-hydrogen) atoms. The van der Waals surface area contributed by atoms with Crippen molar-refractivity contribution < 1.29 is 9.18 Å². The van der Waals surface area contributed by atoms with Crippen molar-refractivity contribution in [3.63, 3.8) is 0 Å². The van der Waals surface area contributed by atoms with Gasteiger partial charge in [0.05, 0.1) is 5.56 Å². The summed E-state index contributed by atoms with van der Waals surface area (Å²) in [4.78, 5) is 22.9. The molecule has 1 N–H and O–H groups in total. The lowest BCUT2D eigenvalue weighted by Gasteiger charge is -2.30. The van der Waals surface area contributed by atoms with Crippen LogP contribution in [0.25, 0.3) is 0 Å². The lowest BCUT2D eigenvalue weighted by molar-refractivity contribution is 0.0950. The second-order valence-electron chi connectivity index (χ2n) is 6.24. The van der Waals surface area contributed by atoms with Crippen LogP contribution in [0.4, 0.5) is 10.3 Å².